The molecule has 0 unspecified atom stereocenters. The van der Waals surface area contributed by atoms with Crippen LogP contribution >= 0.6 is 0 Å². The van der Waals surface area contributed by atoms with Crippen molar-refractivity contribution in [1.82, 2.24) is 0 Å². The first kappa shape index (κ1) is 13.1. The van der Waals surface area contributed by atoms with Crippen LogP contribution in [0.25, 0.3) is 0 Å². The van der Waals surface area contributed by atoms with E-state index in [9.17, 15) is 5.26 Å². The Balaban J connectivity index is 2.30. The van der Waals surface area contributed by atoms with E-state index in [-0.39, 0.29) is 5.41 Å². The minimum absolute atomic E-state index is 0.0942. The summed E-state index contributed by atoms with van der Waals surface area (Å²) < 4.78 is 0. The molecule has 0 aliphatic heterocycles. The van der Waals surface area contributed by atoms with Gasteiger partial charge in [-0.25, -0.2) is 0 Å². The zero-order valence-electron chi connectivity index (χ0n) is 11.8. The fourth-order valence-corrected chi connectivity index (χ4v) is 3.38. The molecule has 1 nitrogen and oxygen atoms in total. The van der Waals surface area contributed by atoms with Crippen molar-refractivity contribution in [3.05, 3.63) is 34.4 Å². The molecule has 0 bridgehead atoms. The summed E-state index contributed by atoms with van der Waals surface area (Å²) in [5.41, 5.74) is 5.34. The van der Waals surface area contributed by atoms with Gasteiger partial charge in [0.15, 0.2) is 0 Å². The maximum Gasteiger partial charge on any atom is 0.0693 e. The van der Waals surface area contributed by atoms with Gasteiger partial charge >= 0.3 is 0 Å². The van der Waals surface area contributed by atoms with Crippen molar-refractivity contribution in [2.24, 2.45) is 5.41 Å². The second-order valence-electron chi connectivity index (χ2n) is 6.01. The number of aryl methyl sites for hydroxylation is 3. The maximum atomic E-state index is 9.59. The molecule has 0 heterocycles. The first-order valence-corrected chi connectivity index (χ1v) is 7.04. The van der Waals surface area contributed by atoms with Crippen molar-refractivity contribution in [3.63, 3.8) is 0 Å². The van der Waals surface area contributed by atoms with E-state index < -0.39 is 0 Å². The summed E-state index contributed by atoms with van der Waals surface area (Å²) in [4.78, 5) is 0. The third-order valence-corrected chi connectivity index (χ3v) is 4.40. The quantitative estimate of drug-likeness (QED) is 0.740. The lowest BCUT2D eigenvalue weighted by molar-refractivity contribution is 0.265. The van der Waals surface area contributed by atoms with E-state index in [1.54, 1.807) is 0 Å². The number of nitriles is 1. The highest BCUT2D eigenvalue weighted by atomic mass is 14.4. The van der Waals surface area contributed by atoms with E-state index in [0.717, 1.165) is 19.3 Å². The summed E-state index contributed by atoms with van der Waals surface area (Å²) in [6.07, 6.45) is 6.85. The summed E-state index contributed by atoms with van der Waals surface area (Å²) in [7, 11) is 0. The molecule has 1 aliphatic carbocycles. The standard InChI is InChI=1S/C17H23N/c1-13-9-14(2)16(15(3)10-13)11-17(12-18)7-5-4-6-8-17/h9-10H,4-8,11H2,1-3H3. The van der Waals surface area contributed by atoms with Crippen LogP contribution < -0.4 is 0 Å². The largest absolute Gasteiger partial charge is 0.198 e. The van der Waals surface area contributed by atoms with Gasteiger partial charge in [-0.05, 0) is 56.7 Å². The van der Waals surface area contributed by atoms with Crippen LogP contribution in [0.4, 0.5) is 0 Å². The molecule has 1 heteroatoms. The highest BCUT2D eigenvalue weighted by Crippen LogP contribution is 2.39. The third kappa shape index (κ3) is 2.58. The Hall–Kier alpha value is -1.29. The number of hydrogen-bond donors (Lipinski definition) is 0. The molecule has 18 heavy (non-hydrogen) atoms. The van der Waals surface area contributed by atoms with E-state index in [4.69, 9.17) is 0 Å². The Labute approximate surface area is 111 Å². The van der Waals surface area contributed by atoms with Gasteiger partial charge in [-0.15, -0.1) is 0 Å². The smallest absolute Gasteiger partial charge is 0.0693 e. The molecule has 1 aliphatic rings. The Bertz CT molecular complexity index is 450. The van der Waals surface area contributed by atoms with Crippen LogP contribution in [0.2, 0.25) is 0 Å². The number of benzene rings is 1. The van der Waals surface area contributed by atoms with Crippen molar-refractivity contribution >= 4 is 0 Å². The predicted octanol–water partition coefficient (Wildman–Crippen LogP) is 4.63. The normalized spacial score (nSPS) is 18.3. The van der Waals surface area contributed by atoms with Crippen LogP contribution in [-0.2, 0) is 6.42 Å². The van der Waals surface area contributed by atoms with E-state index in [1.807, 2.05) is 0 Å². The molecule has 0 atom stereocenters. The van der Waals surface area contributed by atoms with Gasteiger partial charge < -0.3 is 0 Å². The van der Waals surface area contributed by atoms with Crippen LogP contribution in [-0.4, -0.2) is 0 Å². The summed E-state index contributed by atoms with van der Waals surface area (Å²) in [5, 5.41) is 9.59. The Morgan fingerprint density at radius 2 is 1.61 bits per heavy atom. The molecule has 1 aromatic rings. The summed E-state index contributed by atoms with van der Waals surface area (Å²) in [5.74, 6) is 0. The van der Waals surface area contributed by atoms with E-state index in [1.165, 1.54) is 41.5 Å². The molecule has 0 radical (unpaired) electrons. The first-order valence-electron chi connectivity index (χ1n) is 7.04. The van der Waals surface area contributed by atoms with Crippen LogP contribution in [0.3, 0.4) is 0 Å². The predicted molar refractivity (Wildman–Crippen MR) is 75.5 cm³/mol. The van der Waals surface area contributed by atoms with Gasteiger partial charge in [-0.2, -0.15) is 5.26 Å². The molecule has 96 valence electrons. The van der Waals surface area contributed by atoms with Gasteiger partial charge in [0.1, 0.15) is 0 Å². The number of nitrogens with zero attached hydrogens (tertiary/aromatic N) is 1. The fourth-order valence-electron chi connectivity index (χ4n) is 3.38. The molecule has 1 saturated carbocycles. The van der Waals surface area contributed by atoms with E-state index in [0.29, 0.717) is 0 Å². The Morgan fingerprint density at radius 1 is 1.06 bits per heavy atom. The van der Waals surface area contributed by atoms with Crippen LogP contribution in [0.5, 0.6) is 0 Å². The van der Waals surface area contributed by atoms with Crippen molar-refractivity contribution < 1.29 is 0 Å². The summed E-state index contributed by atoms with van der Waals surface area (Å²) in [6.45, 7) is 6.51. The van der Waals surface area contributed by atoms with Crippen LogP contribution in [0.1, 0.15) is 54.4 Å². The fraction of sp³-hybridized carbons (Fsp3) is 0.588. The molecule has 1 aromatic carbocycles. The van der Waals surface area contributed by atoms with Crippen molar-refractivity contribution in [1.29, 1.82) is 5.26 Å². The van der Waals surface area contributed by atoms with Gasteiger partial charge in [-0.1, -0.05) is 37.0 Å². The Kier molecular flexibility index (Phi) is 3.76. The second-order valence-corrected chi connectivity index (χ2v) is 6.01. The molecule has 0 spiro atoms. The van der Waals surface area contributed by atoms with E-state index >= 15 is 0 Å². The highest BCUT2D eigenvalue weighted by molar-refractivity contribution is 5.39. The lowest BCUT2D eigenvalue weighted by atomic mass is 9.70. The second kappa shape index (κ2) is 5.14. The molecular formula is C17H23N. The SMILES string of the molecule is Cc1cc(C)c(CC2(C#N)CCCCC2)c(C)c1. The number of rotatable bonds is 2. The first-order chi connectivity index (χ1) is 8.56. The zero-order chi connectivity index (χ0) is 13.2. The van der Waals surface area contributed by atoms with Crippen LogP contribution in [0.15, 0.2) is 12.1 Å². The molecular weight excluding hydrogens is 218 g/mol. The van der Waals surface area contributed by atoms with E-state index in [2.05, 4.69) is 39.0 Å². The minimum Gasteiger partial charge on any atom is -0.198 e. The zero-order valence-corrected chi connectivity index (χ0v) is 11.8. The van der Waals surface area contributed by atoms with Crippen molar-refractivity contribution in [2.75, 3.05) is 0 Å². The summed E-state index contributed by atoms with van der Waals surface area (Å²) in [6, 6.07) is 7.13. The topological polar surface area (TPSA) is 23.8 Å². The van der Waals surface area contributed by atoms with Crippen molar-refractivity contribution in [2.45, 2.75) is 59.3 Å². The molecule has 2 rings (SSSR count). The maximum absolute atomic E-state index is 9.59. The van der Waals surface area contributed by atoms with Crippen molar-refractivity contribution in [3.8, 4) is 6.07 Å². The van der Waals surface area contributed by atoms with Gasteiger partial charge in [0.05, 0.1) is 11.5 Å². The number of hydrogen-bond acceptors (Lipinski definition) is 1. The monoisotopic (exact) mass is 241 g/mol. The van der Waals surface area contributed by atoms with Gasteiger partial charge in [0.2, 0.25) is 0 Å². The molecule has 0 aromatic heterocycles. The lowest BCUT2D eigenvalue weighted by Gasteiger charge is -2.31. The van der Waals surface area contributed by atoms with Gasteiger partial charge in [-0.3, -0.25) is 0 Å². The average Bonchev–Trinajstić information content (AvgIpc) is 2.35. The van der Waals surface area contributed by atoms with Gasteiger partial charge in [0, 0.05) is 0 Å². The van der Waals surface area contributed by atoms with Gasteiger partial charge in [0.25, 0.3) is 0 Å². The molecule has 0 amide bonds. The molecule has 0 saturated heterocycles. The summed E-state index contributed by atoms with van der Waals surface area (Å²) >= 11 is 0. The third-order valence-electron chi connectivity index (χ3n) is 4.40. The Morgan fingerprint density at radius 3 is 2.11 bits per heavy atom. The molecule has 1 fully saturated rings. The average molecular weight is 241 g/mol. The molecule has 0 N–H and O–H groups in total. The minimum atomic E-state index is -0.0942. The highest BCUT2D eigenvalue weighted by Gasteiger charge is 2.33. The van der Waals surface area contributed by atoms with Crippen LogP contribution in [0, 0.1) is 37.5 Å². The lowest BCUT2D eigenvalue weighted by Crippen LogP contribution is -2.25.